The molecular formula is C24H30F5N5O5. The second-order valence-corrected chi connectivity index (χ2v) is 11.5. The Kier molecular flexibility index (Phi) is 7.33. The SMILES string of the molecule is C[C@@H](OC(F)F)[C@H](NC(=O)C(F)(F)F)C(=O)N1C[C@H]2[C@@H]([C@H]1C(=O)N[C@H](C#N)C[C@@H]1CC3(CC3)NC1=O)C2(C)C. The van der Waals surface area contributed by atoms with Crippen LogP contribution in [0.1, 0.15) is 46.5 Å². The number of fused-ring (bicyclic) bond motifs is 1. The summed E-state index contributed by atoms with van der Waals surface area (Å²) in [5.41, 5.74) is -0.654. The van der Waals surface area contributed by atoms with Gasteiger partial charge in [-0.15, -0.1) is 0 Å². The highest BCUT2D eigenvalue weighted by Crippen LogP contribution is 2.65. The fourth-order valence-electron chi connectivity index (χ4n) is 6.17. The molecule has 10 nitrogen and oxygen atoms in total. The van der Waals surface area contributed by atoms with Crippen LogP contribution in [0.25, 0.3) is 0 Å². The van der Waals surface area contributed by atoms with Crippen molar-refractivity contribution in [2.24, 2.45) is 23.2 Å². The molecule has 4 aliphatic rings. The number of carbonyl (C=O) groups is 4. The first kappa shape index (κ1) is 29.0. The summed E-state index contributed by atoms with van der Waals surface area (Å²) in [6, 6.07) is -2.52. The molecule has 2 heterocycles. The van der Waals surface area contributed by atoms with Gasteiger partial charge in [-0.2, -0.15) is 27.2 Å². The number of amides is 4. The number of hydrogen-bond acceptors (Lipinski definition) is 6. The van der Waals surface area contributed by atoms with E-state index in [1.165, 1.54) is 5.32 Å². The third-order valence-electron chi connectivity index (χ3n) is 8.60. The Bertz CT molecular complexity index is 1090. The highest BCUT2D eigenvalue weighted by molar-refractivity contribution is 5.95. The van der Waals surface area contributed by atoms with Crippen molar-refractivity contribution in [1.29, 1.82) is 5.26 Å². The topological polar surface area (TPSA) is 141 Å². The molecule has 4 rings (SSSR count). The predicted octanol–water partition coefficient (Wildman–Crippen LogP) is 1.21. The molecule has 4 fully saturated rings. The number of alkyl halides is 5. The Balaban J connectivity index is 1.51. The van der Waals surface area contributed by atoms with Gasteiger partial charge in [0.2, 0.25) is 17.7 Å². The zero-order valence-corrected chi connectivity index (χ0v) is 21.5. The molecule has 7 atom stereocenters. The molecule has 2 aliphatic heterocycles. The molecule has 1 spiro atoms. The predicted molar refractivity (Wildman–Crippen MR) is 121 cm³/mol. The molecule has 3 N–H and O–H groups in total. The number of halogens is 5. The molecule has 2 saturated heterocycles. The third kappa shape index (κ3) is 5.66. The minimum Gasteiger partial charge on any atom is -0.350 e. The molecule has 0 unspecified atom stereocenters. The maximum Gasteiger partial charge on any atom is 0.471 e. The van der Waals surface area contributed by atoms with Crippen LogP contribution >= 0.6 is 0 Å². The van der Waals surface area contributed by atoms with E-state index < -0.39 is 72.0 Å². The smallest absolute Gasteiger partial charge is 0.350 e. The molecular weight excluding hydrogens is 533 g/mol. The number of rotatable bonds is 9. The summed E-state index contributed by atoms with van der Waals surface area (Å²) in [7, 11) is 0. The standard InChI is InChI=1S/C24H30F5N5O5/c1-10(39-21(25)26)15(32-20(38)24(27,28)29)19(37)34-9-13-14(22(13,2)3)16(34)18(36)31-12(8-30)6-11-7-23(4-5-23)33-17(11)35/h10-16,21H,4-7,9H2,1-3H3,(H,31,36)(H,32,38)(H,33,35)/t10-,11-,12+,13+,14+,15+,16+/m1/s1. The highest BCUT2D eigenvalue weighted by atomic mass is 19.4. The average Bonchev–Trinajstić information content (AvgIpc) is 3.54. The monoisotopic (exact) mass is 563 g/mol. The fraction of sp³-hybridized carbons (Fsp3) is 0.792. The molecule has 0 aromatic carbocycles. The molecule has 39 heavy (non-hydrogen) atoms. The van der Waals surface area contributed by atoms with Crippen LogP contribution < -0.4 is 16.0 Å². The lowest BCUT2D eigenvalue weighted by atomic mass is 9.95. The summed E-state index contributed by atoms with van der Waals surface area (Å²) in [6.45, 7) is 1.08. The molecule has 0 aromatic heterocycles. The maximum atomic E-state index is 13.4. The molecule has 2 aliphatic carbocycles. The summed E-state index contributed by atoms with van der Waals surface area (Å²) >= 11 is 0. The van der Waals surface area contributed by atoms with Gasteiger partial charge in [0.1, 0.15) is 18.1 Å². The number of piperidine rings is 1. The van der Waals surface area contributed by atoms with E-state index in [-0.39, 0.29) is 30.3 Å². The highest BCUT2D eigenvalue weighted by Gasteiger charge is 2.70. The minimum absolute atomic E-state index is 0.0392. The van der Waals surface area contributed by atoms with Crippen molar-refractivity contribution in [3.05, 3.63) is 0 Å². The first-order valence-electron chi connectivity index (χ1n) is 12.6. The van der Waals surface area contributed by atoms with Gasteiger partial charge in [-0.1, -0.05) is 13.8 Å². The van der Waals surface area contributed by atoms with Crippen LogP contribution in [0.15, 0.2) is 0 Å². The second kappa shape index (κ2) is 9.87. The van der Waals surface area contributed by atoms with Gasteiger partial charge in [0.25, 0.3) is 0 Å². The zero-order chi connectivity index (χ0) is 29.1. The number of nitriles is 1. The third-order valence-corrected chi connectivity index (χ3v) is 8.60. The molecule has 0 bridgehead atoms. The van der Waals surface area contributed by atoms with Crippen LogP contribution in [0, 0.1) is 34.5 Å². The number of carbonyl (C=O) groups excluding carboxylic acids is 4. The Morgan fingerprint density at radius 1 is 1.23 bits per heavy atom. The maximum absolute atomic E-state index is 13.4. The summed E-state index contributed by atoms with van der Waals surface area (Å²) in [4.78, 5) is 51.7. The number of hydrogen-bond donors (Lipinski definition) is 3. The zero-order valence-electron chi connectivity index (χ0n) is 21.5. The summed E-state index contributed by atoms with van der Waals surface area (Å²) in [6.07, 6.45) is -5.00. The summed E-state index contributed by atoms with van der Waals surface area (Å²) in [5.74, 6) is -5.81. The van der Waals surface area contributed by atoms with Crippen molar-refractivity contribution in [1.82, 2.24) is 20.9 Å². The quantitative estimate of drug-likeness (QED) is 0.361. The lowest BCUT2D eigenvalue weighted by molar-refractivity contribution is -0.185. The number of ether oxygens (including phenoxy) is 1. The van der Waals surface area contributed by atoms with E-state index in [0.29, 0.717) is 6.42 Å². The Morgan fingerprint density at radius 3 is 2.38 bits per heavy atom. The van der Waals surface area contributed by atoms with Gasteiger partial charge >= 0.3 is 18.7 Å². The first-order valence-corrected chi connectivity index (χ1v) is 12.6. The fourth-order valence-corrected chi connectivity index (χ4v) is 6.17. The average molecular weight is 564 g/mol. The van der Waals surface area contributed by atoms with Gasteiger partial charge in [0.05, 0.1) is 12.2 Å². The Morgan fingerprint density at radius 2 is 1.87 bits per heavy atom. The van der Waals surface area contributed by atoms with Crippen molar-refractivity contribution in [3.63, 3.8) is 0 Å². The lowest BCUT2D eigenvalue weighted by Crippen LogP contribution is -2.61. The second-order valence-electron chi connectivity index (χ2n) is 11.5. The van der Waals surface area contributed by atoms with Crippen molar-refractivity contribution in [3.8, 4) is 6.07 Å². The van der Waals surface area contributed by atoms with Crippen molar-refractivity contribution >= 4 is 23.6 Å². The van der Waals surface area contributed by atoms with Crippen molar-refractivity contribution < 1.29 is 45.9 Å². The van der Waals surface area contributed by atoms with Gasteiger partial charge in [0.15, 0.2) is 0 Å². The van der Waals surface area contributed by atoms with E-state index in [1.807, 2.05) is 19.9 Å². The number of nitrogens with zero attached hydrogens (tertiary/aromatic N) is 2. The van der Waals surface area contributed by atoms with E-state index in [1.54, 1.807) is 0 Å². The van der Waals surface area contributed by atoms with Crippen molar-refractivity contribution in [2.45, 2.75) is 89.0 Å². The van der Waals surface area contributed by atoms with E-state index in [0.717, 1.165) is 24.7 Å². The van der Waals surface area contributed by atoms with Gasteiger partial charge in [0, 0.05) is 18.0 Å². The van der Waals surface area contributed by atoms with Crippen LogP contribution in [0.2, 0.25) is 0 Å². The lowest BCUT2D eigenvalue weighted by Gasteiger charge is -2.35. The van der Waals surface area contributed by atoms with Gasteiger partial charge in [-0.3, -0.25) is 19.2 Å². The van der Waals surface area contributed by atoms with Crippen LogP contribution in [-0.4, -0.2) is 77.6 Å². The van der Waals surface area contributed by atoms with Crippen LogP contribution in [0.4, 0.5) is 22.0 Å². The largest absolute Gasteiger partial charge is 0.471 e. The molecule has 0 aromatic rings. The minimum atomic E-state index is -5.40. The van der Waals surface area contributed by atoms with E-state index in [4.69, 9.17) is 0 Å². The van der Waals surface area contributed by atoms with Gasteiger partial charge in [-0.25, -0.2) is 0 Å². The first-order chi connectivity index (χ1) is 18.0. The van der Waals surface area contributed by atoms with Gasteiger partial charge in [-0.05, 0) is 49.9 Å². The Hall–Kier alpha value is -3.02. The van der Waals surface area contributed by atoms with E-state index in [9.17, 15) is 46.4 Å². The van der Waals surface area contributed by atoms with E-state index >= 15 is 0 Å². The van der Waals surface area contributed by atoms with Crippen LogP contribution in [0.3, 0.4) is 0 Å². The normalized spacial score (nSPS) is 30.2. The molecule has 216 valence electrons. The van der Waals surface area contributed by atoms with Crippen LogP contribution in [0.5, 0.6) is 0 Å². The summed E-state index contributed by atoms with van der Waals surface area (Å²) < 4.78 is 68.7. The molecule has 4 amide bonds. The van der Waals surface area contributed by atoms with Crippen LogP contribution in [-0.2, 0) is 23.9 Å². The van der Waals surface area contributed by atoms with E-state index in [2.05, 4.69) is 15.4 Å². The Labute approximate surface area is 220 Å². The van der Waals surface area contributed by atoms with Gasteiger partial charge < -0.3 is 25.6 Å². The van der Waals surface area contributed by atoms with Crippen molar-refractivity contribution in [2.75, 3.05) is 6.54 Å². The summed E-state index contributed by atoms with van der Waals surface area (Å²) in [5, 5.41) is 16.6. The molecule has 2 saturated carbocycles. The number of likely N-dealkylation sites (tertiary alicyclic amines) is 1. The number of nitrogens with one attached hydrogen (secondary N) is 3. The molecule has 15 heteroatoms. The molecule has 0 radical (unpaired) electrons.